The highest BCUT2D eigenvalue weighted by atomic mass is 16.5. The third-order valence-electron chi connectivity index (χ3n) is 2.69. The van der Waals surface area contributed by atoms with Crippen molar-refractivity contribution in [2.75, 3.05) is 25.1 Å². The second kappa shape index (κ2) is 6.78. The second-order valence-corrected chi connectivity index (χ2v) is 4.43. The summed E-state index contributed by atoms with van der Waals surface area (Å²) in [5.74, 6) is -0.0586. The van der Waals surface area contributed by atoms with Crippen molar-refractivity contribution in [3.8, 4) is 0 Å². The molecule has 0 unspecified atom stereocenters. The number of benzene rings is 1. The largest absolute Gasteiger partial charge is 0.453 e. The standard InChI is InChI=1S/C14H20N2O3/c1-10-7-11(2)9-13(8-10)16(12(3)17)6-5-15-14(18)19-4/h7-9H,5-6H2,1-4H3,(H,15,18). The van der Waals surface area contributed by atoms with Crippen molar-refractivity contribution in [2.24, 2.45) is 0 Å². The molecule has 0 aliphatic heterocycles. The van der Waals surface area contributed by atoms with Gasteiger partial charge in [0.25, 0.3) is 0 Å². The van der Waals surface area contributed by atoms with Gasteiger partial charge in [-0.2, -0.15) is 0 Å². The molecule has 0 aromatic heterocycles. The summed E-state index contributed by atoms with van der Waals surface area (Å²) >= 11 is 0. The Labute approximate surface area is 113 Å². The van der Waals surface area contributed by atoms with Crippen LogP contribution in [-0.2, 0) is 9.53 Å². The van der Waals surface area contributed by atoms with Crippen molar-refractivity contribution in [1.29, 1.82) is 0 Å². The number of anilines is 1. The molecule has 0 aliphatic rings. The molecule has 1 N–H and O–H groups in total. The fourth-order valence-corrected chi connectivity index (χ4v) is 1.92. The molecule has 0 atom stereocenters. The highest BCUT2D eigenvalue weighted by molar-refractivity contribution is 5.91. The Bertz CT molecular complexity index is 452. The van der Waals surface area contributed by atoms with Gasteiger partial charge in [-0.15, -0.1) is 0 Å². The fraction of sp³-hybridized carbons (Fsp3) is 0.429. The van der Waals surface area contributed by atoms with Crippen LogP contribution >= 0.6 is 0 Å². The zero-order chi connectivity index (χ0) is 14.4. The molecule has 1 aromatic rings. The van der Waals surface area contributed by atoms with Gasteiger partial charge in [0.2, 0.25) is 5.91 Å². The molecule has 0 fully saturated rings. The van der Waals surface area contributed by atoms with Gasteiger partial charge in [0.15, 0.2) is 0 Å². The molecule has 104 valence electrons. The summed E-state index contributed by atoms with van der Waals surface area (Å²) in [5.41, 5.74) is 3.04. The molecule has 5 nitrogen and oxygen atoms in total. The maximum absolute atomic E-state index is 11.7. The van der Waals surface area contributed by atoms with E-state index in [1.807, 2.05) is 26.0 Å². The summed E-state index contributed by atoms with van der Waals surface area (Å²) in [7, 11) is 1.31. The van der Waals surface area contributed by atoms with E-state index < -0.39 is 6.09 Å². The first kappa shape index (κ1) is 15.0. The van der Waals surface area contributed by atoms with Crippen LogP contribution in [0.2, 0.25) is 0 Å². The van der Waals surface area contributed by atoms with E-state index in [0.717, 1.165) is 16.8 Å². The average Bonchev–Trinajstić information content (AvgIpc) is 2.32. The Morgan fingerprint density at radius 1 is 1.21 bits per heavy atom. The zero-order valence-electron chi connectivity index (χ0n) is 11.8. The van der Waals surface area contributed by atoms with Crippen LogP contribution in [0, 0.1) is 13.8 Å². The highest BCUT2D eigenvalue weighted by Gasteiger charge is 2.12. The van der Waals surface area contributed by atoms with Crippen molar-refractivity contribution < 1.29 is 14.3 Å². The first-order valence-corrected chi connectivity index (χ1v) is 6.12. The van der Waals surface area contributed by atoms with Gasteiger partial charge in [0.1, 0.15) is 0 Å². The van der Waals surface area contributed by atoms with Crippen molar-refractivity contribution in [1.82, 2.24) is 5.32 Å². The minimum atomic E-state index is -0.496. The lowest BCUT2D eigenvalue weighted by Gasteiger charge is -2.22. The van der Waals surface area contributed by atoms with E-state index in [-0.39, 0.29) is 5.91 Å². The number of methoxy groups -OCH3 is 1. The lowest BCUT2D eigenvalue weighted by Crippen LogP contribution is -2.37. The normalized spacial score (nSPS) is 9.89. The Kier molecular flexibility index (Phi) is 5.36. The molecular formula is C14H20N2O3. The Balaban J connectivity index is 2.77. The molecule has 0 bridgehead atoms. The molecule has 1 rings (SSSR count). The quantitative estimate of drug-likeness (QED) is 0.905. The van der Waals surface area contributed by atoms with E-state index in [1.54, 1.807) is 4.90 Å². The van der Waals surface area contributed by atoms with E-state index in [9.17, 15) is 9.59 Å². The van der Waals surface area contributed by atoms with Gasteiger partial charge in [-0.25, -0.2) is 4.79 Å². The fourth-order valence-electron chi connectivity index (χ4n) is 1.92. The van der Waals surface area contributed by atoms with Crippen LogP contribution in [0.15, 0.2) is 18.2 Å². The van der Waals surface area contributed by atoms with Crippen LogP contribution in [0.3, 0.4) is 0 Å². The van der Waals surface area contributed by atoms with Crippen molar-refractivity contribution in [3.63, 3.8) is 0 Å². The molecule has 19 heavy (non-hydrogen) atoms. The van der Waals surface area contributed by atoms with Crippen molar-refractivity contribution in [2.45, 2.75) is 20.8 Å². The number of ether oxygens (including phenoxy) is 1. The number of rotatable bonds is 4. The van der Waals surface area contributed by atoms with Crippen LogP contribution in [-0.4, -0.2) is 32.2 Å². The molecule has 5 heteroatoms. The summed E-state index contributed by atoms with van der Waals surface area (Å²) in [5, 5.41) is 2.56. The minimum absolute atomic E-state index is 0.0586. The van der Waals surface area contributed by atoms with Gasteiger partial charge in [0.05, 0.1) is 7.11 Å². The predicted molar refractivity (Wildman–Crippen MR) is 74.4 cm³/mol. The van der Waals surface area contributed by atoms with Gasteiger partial charge >= 0.3 is 6.09 Å². The van der Waals surface area contributed by atoms with Crippen LogP contribution < -0.4 is 10.2 Å². The van der Waals surface area contributed by atoms with E-state index in [2.05, 4.69) is 16.1 Å². The average molecular weight is 264 g/mol. The van der Waals surface area contributed by atoms with Crippen LogP contribution in [0.5, 0.6) is 0 Å². The third-order valence-corrected chi connectivity index (χ3v) is 2.69. The molecule has 0 radical (unpaired) electrons. The molecule has 0 saturated carbocycles. The number of hydrogen-bond donors (Lipinski definition) is 1. The number of carbonyl (C=O) groups is 2. The van der Waals surface area contributed by atoms with Gasteiger partial charge in [-0.05, 0) is 37.1 Å². The molecule has 0 heterocycles. The van der Waals surface area contributed by atoms with Gasteiger partial charge in [-0.3, -0.25) is 4.79 Å². The minimum Gasteiger partial charge on any atom is -0.453 e. The van der Waals surface area contributed by atoms with Gasteiger partial charge < -0.3 is 15.0 Å². The number of hydrogen-bond acceptors (Lipinski definition) is 3. The molecule has 1 aromatic carbocycles. The van der Waals surface area contributed by atoms with E-state index >= 15 is 0 Å². The van der Waals surface area contributed by atoms with E-state index in [1.165, 1.54) is 14.0 Å². The second-order valence-electron chi connectivity index (χ2n) is 4.43. The SMILES string of the molecule is COC(=O)NCCN(C(C)=O)c1cc(C)cc(C)c1. The highest BCUT2D eigenvalue weighted by Crippen LogP contribution is 2.18. The lowest BCUT2D eigenvalue weighted by molar-refractivity contribution is -0.116. The van der Waals surface area contributed by atoms with E-state index in [0.29, 0.717) is 13.1 Å². The van der Waals surface area contributed by atoms with Crippen LogP contribution in [0.1, 0.15) is 18.1 Å². The topological polar surface area (TPSA) is 58.6 Å². The monoisotopic (exact) mass is 264 g/mol. The molecule has 0 saturated heterocycles. The summed E-state index contributed by atoms with van der Waals surface area (Å²) in [6.07, 6.45) is -0.496. The van der Waals surface area contributed by atoms with Gasteiger partial charge in [0, 0.05) is 25.7 Å². The Hall–Kier alpha value is -2.04. The third kappa shape index (κ3) is 4.62. The molecule has 2 amide bonds. The van der Waals surface area contributed by atoms with Crippen molar-refractivity contribution >= 4 is 17.7 Å². The number of nitrogens with zero attached hydrogens (tertiary/aromatic N) is 1. The molecule has 0 spiro atoms. The Morgan fingerprint density at radius 3 is 2.26 bits per heavy atom. The summed E-state index contributed by atoms with van der Waals surface area (Å²) < 4.78 is 4.48. The number of alkyl carbamates (subject to hydrolysis) is 1. The van der Waals surface area contributed by atoms with Crippen LogP contribution in [0.25, 0.3) is 0 Å². The Morgan fingerprint density at radius 2 is 1.79 bits per heavy atom. The number of aryl methyl sites for hydroxylation is 2. The first-order valence-electron chi connectivity index (χ1n) is 6.12. The molecular weight excluding hydrogens is 244 g/mol. The molecule has 0 aliphatic carbocycles. The van der Waals surface area contributed by atoms with Crippen LogP contribution in [0.4, 0.5) is 10.5 Å². The summed E-state index contributed by atoms with van der Waals surface area (Å²) in [4.78, 5) is 24.3. The van der Waals surface area contributed by atoms with Crippen molar-refractivity contribution in [3.05, 3.63) is 29.3 Å². The maximum atomic E-state index is 11.7. The number of nitrogens with one attached hydrogen (secondary N) is 1. The predicted octanol–water partition coefficient (Wildman–Crippen LogP) is 2.01. The van der Waals surface area contributed by atoms with Gasteiger partial charge in [-0.1, -0.05) is 6.07 Å². The first-order chi connectivity index (χ1) is 8.93. The lowest BCUT2D eigenvalue weighted by atomic mass is 10.1. The zero-order valence-corrected chi connectivity index (χ0v) is 11.8. The smallest absolute Gasteiger partial charge is 0.406 e. The maximum Gasteiger partial charge on any atom is 0.406 e. The number of carbonyl (C=O) groups excluding carboxylic acids is 2. The summed E-state index contributed by atoms with van der Waals surface area (Å²) in [6.45, 7) is 6.24. The summed E-state index contributed by atoms with van der Waals surface area (Å²) in [6, 6.07) is 5.95. The number of amides is 2. The van der Waals surface area contributed by atoms with E-state index in [4.69, 9.17) is 0 Å².